The van der Waals surface area contributed by atoms with Crippen LogP contribution in [0, 0.1) is 5.92 Å². The number of halogens is 1. The third-order valence-corrected chi connectivity index (χ3v) is 3.24. The lowest BCUT2D eigenvalue weighted by Crippen LogP contribution is -2.20. The second-order valence-electron chi connectivity index (χ2n) is 4.80. The van der Waals surface area contributed by atoms with Crippen LogP contribution in [0.4, 0.5) is 0 Å². The fraction of sp³-hybridized carbons (Fsp3) is 0.462. The van der Waals surface area contributed by atoms with Crippen LogP contribution in [-0.4, -0.2) is 26.3 Å². The van der Waals surface area contributed by atoms with E-state index < -0.39 is 6.10 Å². The van der Waals surface area contributed by atoms with E-state index in [2.05, 4.69) is 15.1 Å². The van der Waals surface area contributed by atoms with Crippen LogP contribution in [0.15, 0.2) is 22.9 Å². The van der Waals surface area contributed by atoms with Crippen LogP contribution in [0.3, 0.4) is 0 Å². The molecule has 6 heteroatoms. The van der Waals surface area contributed by atoms with Crippen LogP contribution in [0.2, 0.25) is 5.02 Å². The van der Waals surface area contributed by atoms with E-state index in [0.717, 1.165) is 0 Å². The van der Waals surface area contributed by atoms with Gasteiger partial charge in [-0.15, -0.1) is 0 Å². The summed E-state index contributed by atoms with van der Waals surface area (Å²) in [7, 11) is 0. The minimum atomic E-state index is -0.562. The van der Waals surface area contributed by atoms with Crippen molar-refractivity contribution in [1.82, 2.24) is 15.1 Å². The molecule has 0 aromatic carbocycles. The van der Waals surface area contributed by atoms with Crippen molar-refractivity contribution in [2.45, 2.75) is 32.8 Å². The molecule has 0 aliphatic heterocycles. The normalized spacial score (nSPS) is 14.6. The molecule has 0 amide bonds. The van der Waals surface area contributed by atoms with E-state index >= 15 is 0 Å². The summed E-state index contributed by atoms with van der Waals surface area (Å²) in [5.41, 5.74) is 0.479. The Kier molecular flexibility index (Phi) is 4.17. The predicted molar refractivity (Wildman–Crippen MR) is 71.8 cm³/mol. The summed E-state index contributed by atoms with van der Waals surface area (Å²) in [6.45, 7) is 5.70. The predicted octanol–water partition coefficient (Wildman–Crippen LogP) is 2.91. The van der Waals surface area contributed by atoms with Gasteiger partial charge in [-0.3, -0.25) is 4.98 Å². The molecule has 0 aliphatic rings. The Morgan fingerprint density at radius 2 is 2.05 bits per heavy atom. The molecular formula is C13H16ClN3O2. The number of rotatable bonds is 4. The molecule has 0 bridgehead atoms. The topological polar surface area (TPSA) is 72.0 Å². The SMILES string of the molecule is CC(C)C(c1nc(-c2ncccc2Cl)no1)C(C)O. The first-order valence-electron chi connectivity index (χ1n) is 6.13. The molecule has 2 unspecified atom stereocenters. The number of aromatic nitrogens is 3. The van der Waals surface area contributed by atoms with Gasteiger partial charge in [0.15, 0.2) is 0 Å². The lowest BCUT2D eigenvalue weighted by Gasteiger charge is -2.19. The van der Waals surface area contributed by atoms with E-state index in [1.807, 2.05) is 13.8 Å². The van der Waals surface area contributed by atoms with Gasteiger partial charge in [-0.05, 0) is 25.0 Å². The highest BCUT2D eigenvalue weighted by atomic mass is 35.5. The Labute approximate surface area is 116 Å². The summed E-state index contributed by atoms with van der Waals surface area (Å²) in [5, 5.41) is 14.2. The Hall–Kier alpha value is -1.46. The van der Waals surface area contributed by atoms with E-state index in [-0.39, 0.29) is 11.8 Å². The van der Waals surface area contributed by atoms with Crippen LogP contribution in [0.25, 0.3) is 11.5 Å². The molecule has 2 atom stereocenters. The van der Waals surface area contributed by atoms with Gasteiger partial charge in [0.1, 0.15) is 5.69 Å². The maximum atomic E-state index is 9.80. The van der Waals surface area contributed by atoms with Gasteiger partial charge in [-0.25, -0.2) is 0 Å². The van der Waals surface area contributed by atoms with E-state index in [0.29, 0.717) is 22.4 Å². The van der Waals surface area contributed by atoms with Gasteiger partial charge >= 0.3 is 0 Å². The number of aliphatic hydroxyl groups is 1. The molecule has 2 heterocycles. The van der Waals surface area contributed by atoms with Crippen molar-refractivity contribution in [2.75, 3.05) is 0 Å². The lowest BCUT2D eigenvalue weighted by atomic mass is 9.91. The van der Waals surface area contributed by atoms with Crippen molar-refractivity contribution in [3.8, 4) is 11.5 Å². The van der Waals surface area contributed by atoms with Gasteiger partial charge in [-0.2, -0.15) is 4.98 Å². The first kappa shape index (κ1) is 14.0. The molecule has 0 spiro atoms. The summed E-state index contributed by atoms with van der Waals surface area (Å²) in [6, 6.07) is 3.45. The zero-order valence-corrected chi connectivity index (χ0v) is 11.8. The molecule has 0 saturated heterocycles. The monoisotopic (exact) mass is 281 g/mol. The summed E-state index contributed by atoms with van der Waals surface area (Å²) in [4.78, 5) is 8.43. The number of pyridine rings is 1. The highest BCUT2D eigenvalue weighted by molar-refractivity contribution is 6.32. The summed E-state index contributed by atoms with van der Waals surface area (Å²) >= 11 is 6.04. The summed E-state index contributed by atoms with van der Waals surface area (Å²) < 4.78 is 5.24. The summed E-state index contributed by atoms with van der Waals surface area (Å²) in [6.07, 6.45) is 1.05. The highest BCUT2D eigenvalue weighted by Crippen LogP contribution is 2.29. The standard InChI is InChI=1S/C13H16ClN3O2/c1-7(2)10(8(3)18)13-16-12(17-19-13)11-9(14)5-4-6-15-11/h4-8,10,18H,1-3H3. The quantitative estimate of drug-likeness (QED) is 0.933. The maximum Gasteiger partial charge on any atom is 0.232 e. The molecule has 2 aromatic heterocycles. The molecule has 2 aromatic rings. The smallest absolute Gasteiger partial charge is 0.232 e. The minimum Gasteiger partial charge on any atom is -0.393 e. The zero-order chi connectivity index (χ0) is 14.0. The van der Waals surface area contributed by atoms with Gasteiger partial charge < -0.3 is 9.63 Å². The number of hydrogen-bond acceptors (Lipinski definition) is 5. The van der Waals surface area contributed by atoms with Crippen LogP contribution >= 0.6 is 11.6 Å². The molecule has 0 radical (unpaired) electrons. The fourth-order valence-corrected chi connectivity index (χ4v) is 2.27. The first-order chi connectivity index (χ1) is 9.00. The number of hydrogen-bond donors (Lipinski definition) is 1. The number of aliphatic hydroxyl groups excluding tert-OH is 1. The maximum absolute atomic E-state index is 9.80. The van der Waals surface area contributed by atoms with E-state index in [1.54, 1.807) is 25.3 Å². The molecule has 102 valence electrons. The van der Waals surface area contributed by atoms with Crippen molar-refractivity contribution in [1.29, 1.82) is 0 Å². The molecular weight excluding hydrogens is 266 g/mol. The van der Waals surface area contributed by atoms with Crippen LogP contribution in [0.5, 0.6) is 0 Å². The van der Waals surface area contributed by atoms with Gasteiger partial charge in [0.2, 0.25) is 11.7 Å². The number of nitrogens with zero attached hydrogens (tertiary/aromatic N) is 3. The fourth-order valence-electron chi connectivity index (χ4n) is 2.07. The Morgan fingerprint density at radius 1 is 1.32 bits per heavy atom. The minimum absolute atomic E-state index is 0.188. The van der Waals surface area contributed by atoms with Gasteiger partial charge in [0.25, 0.3) is 0 Å². The van der Waals surface area contributed by atoms with Gasteiger partial charge in [0.05, 0.1) is 17.0 Å². The molecule has 5 nitrogen and oxygen atoms in total. The Morgan fingerprint density at radius 3 is 2.63 bits per heavy atom. The average Bonchev–Trinajstić information content (AvgIpc) is 2.77. The van der Waals surface area contributed by atoms with Gasteiger partial charge in [0, 0.05) is 6.20 Å². The van der Waals surface area contributed by atoms with E-state index in [4.69, 9.17) is 16.1 Å². The third kappa shape index (κ3) is 2.93. The second kappa shape index (κ2) is 5.67. The molecule has 0 aliphatic carbocycles. The molecule has 1 N–H and O–H groups in total. The van der Waals surface area contributed by atoms with Crippen molar-refractivity contribution in [3.63, 3.8) is 0 Å². The molecule has 2 rings (SSSR count). The van der Waals surface area contributed by atoms with Crippen LogP contribution in [-0.2, 0) is 0 Å². The van der Waals surface area contributed by atoms with Crippen molar-refractivity contribution < 1.29 is 9.63 Å². The average molecular weight is 282 g/mol. The zero-order valence-electron chi connectivity index (χ0n) is 11.0. The first-order valence-corrected chi connectivity index (χ1v) is 6.51. The Balaban J connectivity index is 2.36. The van der Waals surface area contributed by atoms with Crippen LogP contribution < -0.4 is 0 Å². The largest absolute Gasteiger partial charge is 0.393 e. The van der Waals surface area contributed by atoms with Gasteiger partial charge in [-0.1, -0.05) is 30.6 Å². The second-order valence-corrected chi connectivity index (χ2v) is 5.21. The van der Waals surface area contributed by atoms with E-state index in [9.17, 15) is 5.11 Å². The van der Waals surface area contributed by atoms with Crippen molar-refractivity contribution in [3.05, 3.63) is 29.2 Å². The summed E-state index contributed by atoms with van der Waals surface area (Å²) in [5.74, 6) is 0.727. The van der Waals surface area contributed by atoms with E-state index in [1.165, 1.54) is 0 Å². The lowest BCUT2D eigenvalue weighted by molar-refractivity contribution is 0.120. The van der Waals surface area contributed by atoms with Crippen molar-refractivity contribution in [2.24, 2.45) is 5.92 Å². The molecule has 0 saturated carbocycles. The Bertz CT molecular complexity index is 546. The highest BCUT2D eigenvalue weighted by Gasteiger charge is 2.27. The third-order valence-electron chi connectivity index (χ3n) is 2.94. The molecule has 0 fully saturated rings. The molecule has 19 heavy (non-hydrogen) atoms. The van der Waals surface area contributed by atoms with Crippen LogP contribution in [0.1, 0.15) is 32.6 Å². The van der Waals surface area contributed by atoms with Crippen molar-refractivity contribution >= 4 is 11.6 Å².